The maximum absolute atomic E-state index is 11.4. The average molecular weight is 225 g/mol. The van der Waals surface area contributed by atoms with Crippen LogP contribution in [0.2, 0.25) is 0 Å². The minimum Gasteiger partial charge on any atom is -0.466 e. The summed E-state index contributed by atoms with van der Waals surface area (Å²) >= 11 is 0. The summed E-state index contributed by atoms with van der Waals surface area (Å²) in [6.45, 7) is 6.72. The SMILES string of the molecule is C=CCOC(=O)C(C#N)[C@@H](C)C(=O)OCC. The van der Waals surface area contributed by atoms with E-state index in [1.54, 1.807) is 13.0 Å². The first-order chi connectivity index (χ1) is 7.58. The molecule has 2 atom stereocenters. The number of carbonyl (C=O) groups is 2. The molecule has 0 bridgehead atoms. The van der Waals surface area contributed by atoms with Crippen LogP contribution < -0.4 is 0 Å². The molecule has 0 N–H and O–H groups in total. The Morgan fingerprint density at radius 3 is 2.50 bits per heavy atom. The largest absolute Gasteiger partial charge is 0.466 e. The normalized spacial score (nSPS) is 13.1. The molecule has 5 heteroatoms. The van der Waals surface area contributed by atoms with E-state index in [1.165, 1.54) is 13.0 Å². The second-order valence-corrected chi connectivity index (χ2v) is 3.07. The van der Waals surface area contributed by atoms with Crippen molar-refractivity contribution in [2.24, 2.45) is 11.8 Å². The van der Waals surface area contributed by atoms with E-state index in [1.807, 2.05) is 0 Å². The summed E-state index contributed by atoms with van der Waals surface area (Å²) in [5.41, 5.74) is 0. The van der Waals surface area contributed by atoms with E-state index in [0.29, 0.717) is 0 Å². The van der Waals surface area contributed by atoms with Crippen LogP contribution in [-0.4, -0.2) is 25.2 Å². The van der Waals surface area contributed by atoms with Crippen molar-refractivity contribution in [2.75, 3.05) is 13.2 Å². The van der Waals surface area contributed by atoms with Crippen molar-refractivity contribution in [1.29, 1.82) is 5.26 Å². The third kappa shape index (κ3) is 4.13. The van der Waals surface area contributed by atoms with Crippen LogP contribution in [0, 0.1) is 23.2 Å². The van der Waals surface area contributed by atoms with Gasteiger partial charge in [-0.05, 0) is 6.92 Å². The topological polar surface area (TPSA) is 76.4 Å². The van der Waals surface area contributed by atoms with E-state index in [-0.39, 0.29) is 13.2 Å². The molecule has 0 aliphatic carbocycles. The predicted molar refractivity (Wildman–Crippen MR) is 56.1 cm³/mol. The monoisotopic (exact) mass is 225 g/mol. The molecule has 0 aliphatic heterocycles. The molecule has 0 aromatic rings. The lowest BCUT2D eigenvalue weighted by Gasteiger charge is -2.14. The Hall–Kier alpha value is -1.83. The van der Waals surface area contributed by atoms with Crippen LogP contribution in [0.1, 0.15) is 13.8 Å². The number of hydrogen-bond acceptors (Lipinski definition) is 5. The van der Waals surface area contributed by atoms with Crippen LogP contribution in [0.5, 0.6) is 0 Å². The smallest absolute Gasteiger partial charge is 0.324 e. The average Bonchev–Trinajstić information content (AvgIpc) is 2.27. The summed E-state index contributed by atoms with van der Waals surface area (Å²) in [7, 11) is 0. The molecule has 1 unspecified atom stereocenters. The first-order valence-corrected chi connectivity index (χ1v) is 4.92. The summed E-state index contributed by atoms with van der Waals surface area (Å²) in [6.07, 6.45) is 1.39. The molecular weight excluding hydrogens is 210 g/mol. The number of esters is 2. The molecule has 5 nitrogen and oxygen atoms in total. The minimum absolute atomic E-state index is 0.0204. The molecule has 0 heterocycles. The number of ether oxygens (including phenoxy) is 2. The Bertz CT molecular complexity index is 306. The Balaban J connectivity index is 4.48. The molecule has 0 saturated heterocycles. The molecule has 0 saturated carbocycles. The van der Waals surface area contributed by atoms with Crippen LogP contribution >= 0.6 is 0 Å². The molecule has 0 aliphatic rings. The molecule has 0 aromatic carbocycles. The van der Waals surface area contributed by atoms with Crippen molar-refractivity contribution >= 4 is 11.9 Å². The zero-order valence-corrected chi connectivity index (χ0v) is 9.43. The lowest BCUT2D eigenvalue weighted by molar-refractivity contribution is -0.156. The molecule has 0 fully saturated rings. The lowest BCUT2D eigenvalue weighted by Crippen LogP contribution is -2.29. The van der Waals surface area contributed by atoms with Crippen LogP contribution in [-0.2, 0) is 19.1 Å². The third-order valence-corrected chi connectivity index (χ3v) is 1.89. The number of nitrogens with zero attached hydrogens (tertiary/aromatic N) is 1. The Morgan fingerprint density at radius 2 is 2.06 bits per heavy atom. The summed E-state index contributed by atoms with van der Waals surface area (Å²) in [6, 6.07) is 1.74. The van der Waals surface area contributed by atoms with Crippen LogP contribution in [0.4, 0.5) is 0 Å². The number of nitriles is 1. The summed E-state index contributed by atoms with van der Waals surface area (Å²) in [5.74, 6) is -3.28. The predicted octanol–water partition coefficient (Wildman–Crippen LogP) is 1.05. The van der Waals surface area contributed by atoms with Gasteiger partial charge in [-0.1, -0.05) is 19.6 Å². The van der Waals surface area contributed by atoms with Crippen LogP contribution in [0.3, 0.4) is 0 Å². The first-order valence-electron chi connectivity index (χ1n) is 4.92. The van der Waals surface area contributed by atoms with Crippen LogP contribution in [0.15, 0.2) is 12.7 Å². The molecule has 0 spiro atoms. The van der Waals surface area contributed by atoms with Gasteiger partial charge in [0, 0.05) is 0 Å². The van der Waals surface area contributed by atoms with Gasteiger partial charge in [0.05, 0.1) is 18.6 Å². The number of rotatable bonds is 6. The van der Waals surface area contributed by atoms with Crippen molar-refractivity contribution in [3.8, 4) is 6.07 Å². The van der Waals surface area contributed by atoms with Crippen molar-refractivity contribution < 1.29 is 19.1 Å². The zero-order valence-electron chi connectivity index (χ0n) is 9.43. The van der Waals surface area contributed by atoms with Crippen LogP contribution in [0.25, 0.3) is 0 Å². The highest BCUT2D eigenvalue weighted by Gasteiger charge is 2.32. The first kappa shape index (κ1) is 14.2. The molecule has 16 heavy (non-hydrogen) atoms. The van der Waals surface area contributed by atoms with Gasteiger partial charge in [-0.2, -0.15) is 5.26 Å². The van der Waals surface area contributed by atoms with Crippen molar-refractivity contribution in [3.05, 3.63) is 12.7 Å². The van der Waals surface area contributed by atoms with Gasteiger partial charge in [-0.15, -0.1) is 0 Å². The molecule has 0 aromatic heterocycles. The summed E-state index contributed by atoms with van der Waals surface area (Å²) in [5, 5.41) is 8.80. The fourth-order valence-electron chi connectivity index (χ4n) is 1.01. The van der Waals surface area contributed by atoms with E-state index in [2.05, 4.69) is 6.58 Å². The fourth-order valence-corrected chi connectivity index (χ4v) is 1.01. The van der Waals surface area contributed by atoms with Crippen molar-refractivity contribution in [3.63, 3.8) is 0 Å². The molecular formula is C11H15NO4. The highest BCUT2D eigenvalue weighted by Crippen LogP contribution is 2.14. The summed E-state index contributed by atoms with van der Waals surface area (Å²) < 4.78 is 9.43. The number of hydrogen-bond donors (Lipinski definition) is 0. The Labute approximate surface area is 94.6 Å². The second-order valence-electron chi connectivity index (χ2n) is 3.07. The molecule has 88 valence electrons. The van der Waals surface area contributed by atoms with Gasteiger partial charge in [-0.25, -0.2) is 0 Å². The maximum atomic E-state index is 11.4. The van der Waals surface area contributed by atoms with Gasteiger partial charge in [0.1, 0.15) is 6.61 Å². The standard InChI is InChI=1S/C11H15NO4/c1-4-6-16-11(14)9(7-12)8(3)10(13)15-5-2/h4,8-9H,1,5-6H2,2-3H3/t8-,9?/m1/s1. The van der Waals surface area contributed by atoms with E-state index in [9.17, 15) is 9.59 Å². The maximum Gasteiger partial charge on any atom is 0.324 e. The van der Waals surface area contributed by atoms with Gasteiger partial charge in [0.15, 0.2) is 5.92 Å². The zero-order chi connectivity index (χ0) is 12.6. The molecule has 0 rings (SSSR count). The third-order valence-electron chi connectivity index (χ3n) is 1.89. The highest BCUT2D eigenvalue weighted by atomic mass is 16.5. The number of carbonyl (C=O) groups excluding carboxylic acids is 2. The van der Waals surface area contributed by atoms with E-state index in [0.717, 1.165) is 0 Å². The van der Waals surface area contributed by atoms with Gasteiger partial charge in [0.2, 0.25) is 0 Å². The van der Waals surface area contributed by atoms with Gasteiger partial charge in [0.25, 0.3) is 0 Å². The fraction of sp³-hybridized carbons (Fsp3) is 0.545. The second kappa shape index (κ2) is 7.46. The highest BCUT2D eigenvalue weighted by molar-refractivity contribution is 5.83. The van der Waals surface area contributed by atoms with E-state index in [4.69, 9.17) is 14.7 Å². The van der Waals surface area contributed by atoms with E-state index < -0.39 is 23.8 Å². The van der Waals surface area contributed by atoms with E-state index >= 15 is 0 Å². The van der Waals surface area contributed by atoms with Crippen molar-refractivity contribution in [2.45, 2.75) is 13.8 Å². The quantitative estimate of drug-likeness (QED) is 0.499. The molecule has 0 radical (unpaired) electrons. The van der Waals surface area contributed by atoms with Crippen molar-refractivity contribution in [1.82, 2.24) is 0 Å². The van der Waals surface area contributed by atoms with Gasteiger partial charge in [-0.3, -0.25) is 9.59 Å². The molecule has 0 amide bonds. The minimum atomic E-state index is -1.14. The van der Waals surface area contributed by atoms with Gasteiger partial charge < -0.3 is 9.47 Å². The lowest BCUT2D eigenvalue weighted by atomic mass is 9.96. The van der Waals surface area contributed by atoms with Gasteiger partial charge >= 0.3 is 11.9 Å². The Kier molecular flexibility index (Phi) is 6.61. The summed E-state index contributed by atoms with van der Waals surface area (Å²) in [4.78, 5) is 22.7. The Morgan fingerprint density at radius 1 is 1.44 bits per heavy atom.